The fraction of sp³-hybridized carbons (Fsp3) is 0.500. The van der Waals surface area contributed by atoms with E-state index >= 15 is 0 Å². The number of nitro groups is 1. The van der Waals surface area contributed by atoms with Gasteiger partial charge in [-0.3, -0.25) is 15.0 Å². The molecule has 1 aliphatic rings. The zero-order valence-electron chi connectivity index (χ0n) is 11.3. The summed E-state index contributed by atoms with van der Waals surface area (Å²) in [5, 5.41) is 20.5. The van der Waals surface area contributed by atoms with Crippen LogP contribution in [0.1, 0.15) is 25.3 Å². The van der Waals surface area contributed by atoms with Crippen LogP contribution in [0, 0.1) is 26.9 Å². The van der Waals surface area contributed by atoms with Crippen molar-refractivity contribution < 1.29 is 4.92 Å². The molecule has 1 aromatic carbocycles. The number of nitriles is 1. The van der Waals surface area contributed by atoms with Crippen LogP contribution in [0.2, 0.25) is 5.02 Å². The number of rotatable bonds is 3. The van der Waals surface area contributed by atoms with Crippen molar-refractivity contribution in [2.24, 2.45) is 5.41 Å². The Kier molecular flexibility index (Phi) is 4.26. The zero-order chi connectivity index (χ0) is 14.8. The van der Waals surface area contributed by atoms with Gasteiger partial charge in [-0.1, -0.05) is 11.6 Å². The van der Waals surface area contributed by atoms with Gasteiger partial charge in [-0.05, 0) is 31.9 Å². The lowest BCUT2D eigenvalue weighted by Gasteiger charge is -2.34. The number of nitrogens with zero attached hydrogens (tertiary/aromatic N) is 3. The van der Waals surface area contributed by atoms with Gasteiger partial charge in [0.25, 0.3) is 5.69 Å². The molecule has 106 valence electrons. The van der Waals surface area contributed by atoms with Crippen LogP contribution in [0.3, 0.4) is 0 Å². The molecule has 0 radical (unpaired) electrons. The summed E-state index contributed by atoms with van der Waals surface area (Å²) in [5.41, 5.74) is 0.466. The molecule has 1 saturated heterocycles. The molecular weight excluding hydrogens is 278 g/mol. The average Bonchev–Trinajstić information content (AvgIpc) is 2.43. The van der Waals surface area contributed by atoms with Crippen molar-refractivity contribution in [1.29, 1.82) is 5.26 Å². The highest BCUT2D eigenvalue weighted by Gasteiger charge is 2.30. The molecule has 0 aromatic heterocycles. The van der Waals surface area contributed by atoms with E-state index in [1.807, 2.05) is 6.92 Å². The minimum atomic E-state index is -0.398. The number of hydrogen-bond donors (Lipinski definition) is 0. The maximum atomic E-state index is 11.1. The maximum absolute atomic E-state index is 11.1. The number of nitro benzene ring substituents is 1. The summed E-state index contributed by atoms with van der Waals surface area (Å²) < 4.78 is 0. The number of piperidine rings is 1. The van der Waals surface area contributed by atoms with Crippen molar-refractivity contribution in [2.45, 2.75) is 26.3 Å². The Hall–Kier alpha value is -1.64. The summed E-state index contributed by atoms with van der Waals surface area (Å²) in [7, 11) is 0. The van der Waals surface area contributed by atoms with Gasteiger partial charge in [0, 0.05) is 36.3 Å². The van der Waals surface area contributed by atoms with Crippen molar-refractivity contribution in [3.05, 3.63) is 38.9 Å². The molecule has 6 heteroatoms. The van der Waals surface area contributed by atoms with Crippen LogP contribution < -0.4 is 0 Å². The van der Waals surface area contributed by atoms with E-state index in [1.54, 1.807) is 12.1 Å². The molecule has 0 unspecified atom stereocenters. The second kappa shape index (κ2) is 5.78. The lowest BCUT2D eigenvalue weighted by molar-refractivity contribution is -0.385. The van der Waals surface area contributed by atoms with Crippen LogP contribution in [0.5, 0.6) is 0 Å². The van der Waals surface area contributed by atoms with Crippen molar-refractivity contribution in [3.8, 4) is 6.07 Å². The summed E-state index contributed by atoms with van der Waals surface area (Å²) in [6.45, 7) is 4.05. The molecule has 2 rings (SSSR count). The molecule has 0 saturated carbocycles. The first-order valence-corrected chi connectivity index (χ1v) is 6.88. The molecule has 1 heterocycles. The Labute approximate surface area is 122 Å². The predicted molar refractivity (Wildman–Crippen MR) is 76.3 cm³/mol. The Morgan fingerprint density at radius 2 is 2.15 bits per heavy atom. The molecule has 20 heavy (non-hydrogen) atoms. The molecule has 1 fully saturated rings. The van der Waals surface area contributed by atoms with Crippen molar-refractivity contribution >= 4 is 17.3 Å². The zero-order valence-corrected chi connectivity index (χ0v) is 12.1. The Bertz CT molecular complexity index is 560. The third kappa shape index (κ3) is 3.27. The third-order valence-electron chi connectivity index (χ3n) is 3.87. The maximum Gasteiger partial charge on any atom is 0.275 e. The molecule has 1 aliphatic heterocycles. The van der Waals surface area contributed by atoms with E-state index in [2.05, 4.69) is 11.0 Å². The lowest BCUT2D eigenvalue weighted by atomic mass is 9.82. The van der Waals surface area contributed by atoms with Crippen LogP contribution in [0.4, 0.5) is 5.69 Å². The smallest absolute Gasteiger partial charge is 0.275 e. The van der Waals surface area contributed by atoms with Gasteiger partial charge in [-0.25, -0.2) is 0 Å². The molecule has 1 aromatic rings. The predicted octanol–water partition coefficient (Wildman–Crippen LogP) is 3.37. The molecule has 0 bridgehead atoms. The first-order chi connectivity index (χ1) is 9.43. The van der Waals surface area contributed by atoms with E-state index in [0.29, 0.717) is 17.1 Å². The van der Waals surface area contributed by atoms with Crippen molar-refractivity contribution in [3.63, 3.8) is 0 Å². The first-order valence-electron chi connectivity index (χ1n) is 6.50. The highest BCUT2D eigenvalue weighted by molar-refractivity contribution is 6.30. The SMILES string of the molecule is CC1(C#N)CCN(Cc2ccc(Cl)cc2[N+](=O)[O-])CC1. The second-order valence-electron chi connectivity index (χ2n) is 5.48. The van der Waals surface area contributed by atoms with Gasteiger partial charge in [-0.15, -0.1) is 0 Å². The molecule has 5 nitrogen and oxygen atoms in total. The first kappa shape index (κ1) is 14.8. The van der Waals surface area contributed by atoms with Crippen LogP contribution in [-0.2, 0) is 6.54 Å². The topological polar surface area (TPSA) is 70.2 Å². The van der Waals surface area contributed by atoms with Gasteiger partial charge in [0.05, 0.1) is 16.4 Å². The summed E-state index contributed by atoms with van der Waals surface area (Å²) in [6.07, 6.45) is 1.59. The number of benzene rings is 1. The molecule has 0 amide bonds. The largest absolute Gasteiger partial charge is 0.299 e. The normalized spacial score (nSPS) is 18.4. The second-order valence-corrected chi connectivity index (χ2v) is 5.92. The van der Waals surface area contributed by atoms with E-state index in [4.69, 9.17) is 16.9 Å². The van der Waals surface area contributed by atoms with Gasteiger partial charge >= 0.3 is 0 Å². The minimum Gasteiger partial charge on any atom is -0.299 e. The summed E-state index contributed by atoms with van der Waals surface area (Å²) in [4.78, 5) is 12.8. The number of hydrogen-bond acceptors (Lipinski definition) is 4. The van der Waals surface area contributed by atoms with E-state index in [-0.39, 0.29) is 11.1 Å². The minimum absolute atomic E-state index is 0.0612. The monoisotopic (exact) mass is 293 g/mol. The fourth-order valence-electron chi connectivity index (χ4n) is 2.40. The van der Waals surface area contributed by atoms with E-state index < -0.39 is 4.92 Å². The van der Waals surface area contributed by atoms with E-state index in [9.17, 15) is 10.1 Å². The molecular formula is C14H16ClN3O2. The van der Waals surface area contributed by atoms with E-state index in [1.165, 1.54) is 6.07 Å². The van der Waals surface area contributed by atoms with Crippen LogP contribution in [0.25, 0.3) is 0 Å². The summed E-state index contributed by atoms with van der Waals surface area (Å²) in [6, 6.07) is 7.12. The summed E-state index contributed by atoms with van der Waals surface area (Å²) in [5.74, 6) is 0. The van der Waals surface area contributed by atoms with Gasteiger partial charge in [0.15, 0.2) is 0 Å². The van der Waals surface area contributed by atoms with Crippen LogP contribution in [0.15, 0.2) is 18.2 Å². The highest BCUT2D eigenvalue weighted by atomic mass is 35.5. The van der Waals surface area contributed by atoms with Crippen LogP contribution >= 0.6 is 11.6 Å². The average molecular weight is 294 g/mol. The number of halogens is 1. The third-order valence-corrected chi connectivity index (χ3v) is 4.10. The molecule has 0 atom stereocenters. The quantitative estimate of drug-likeness (QED) is 0.633. The van der Waals surface area contributed by atoms with Crippen LogP contribution in [-0.4, -0.2) is 22.9 Å². The highest BCUT2D eigenvalue weighted by Crippen LogP contribution is 2.31. The summed E-state index contributed by atoms with van der Waals surface area (Å²) >= 11 is 5.81. The van der Waals surface area contributed by atoms with Gasteiger partial charge in [0.1, 0.15) is 0 Å². The Balaban J connectivity index is 2.09. The Morgan fingerprint density at radius 1 is 1.50 bits per heavy atom. The van der Waals surface area contributed by atoms with Gasteiger partial charge < -0.3 is 0 Å². The van der Waals surface area contributed by atoms with Crippen molar-refractivity contribution in [1.82, 2.24) is 4.90 Å². The standard InChI is InChI=1S/C14H16ClN3O2/c1-14(10-16)4-6-17(7-5-14)9-11-2-3-12(15)8-13(11)18(19)20/h2-3,8H,4-7,9H2,1H3. The molecule has 0 N–H and O–H groups in total. The van der Waals surface area contributed by atoms with Crippen molar-refractivity contribution in [2.75, 3.05) is 13.1 Å². The molecule has 0 spiro atoms. The fourth-order valence-corrected chi connectivity index (χ4v) is 2.56. The van der Waals surface area contributed by atoms with Gasteiger partial charge in [-0.2, -0.15) is 5.26 Å². The Morgan fingerprint density at radius 3 is 2.70 bits per heavy atom. The van der Waals surface area contributed by atoms with Gasteiger partial charge in [0.2, 0.25) is 0 Å². The lowest BCUT2D eigenvalue weighted by Crippen LogP contribution is -2.37. The molecule has 0 aliphatic carbocycles. The number of likely N-dealkylation sites (tertiary alicyclic amines) is 1. The van der Waals surface area contributed by atoms with E-state index in [0.717, 1.165) is 25.9 Å².